The fraction of sp³-hybridized carbons (Fsp3) is 0.0769. The van der Waals surface area contributed by atoms with Crippen LogP contribution >= 0.6 is 0 Å². The van der Waals surface area contributed by atoms with Crippen molar-refractivity contribution in [3.05, 3.63) is 53.8 Å². The van der Waals surface area contributed by atoms with Gasteiger partial charge in [-0.2, -0.15) is 8.42 Å². The largest absolute Gasteiger partial charge is 0.328 e. The van der Waals surface area contributed by atoms with Gasteiger partial charge in [0.1, 0.15) is 5.82 Å². The molecule has 1 heterocycles. The summed E-state index contributed by atoms with van der Waals surface area (Å²) in [6, 6.07) is 11.1. The lowest BCUT2D eigenvalue weighted by Gasteiger charge is -2.17. The van der Waals surface area contributed by atoms with Gasteiger partial charge in [0.15, 0.2) is 0 Å². The highest BCUT2D eigenvalue weighted by molar-refractivity contribution is 7.95. The fourth-order valence-electron chi connectivity index (χ4n) is 2.09. The van der Waals surface area contributed by atoms with E-state index in [-0.39, 0.29) is 5.69 Å². The predicted molar refractivity (Wildman–Crippen MR) is 72.3 cm³/mol. The minimum absolute atomic E-state index is 0.0167. The smallest absolute Gasteiger partial charge is 0.264 e. The van der Waals surface area contributed by atoms with Gasteiger partial charge in [0, 0.05) is 0 Å². The summed E-state index contributed by atoms with van der Waals surface area (Å²) in [6.45, 7) is 1.75. The molecule has 0 saturated heterocycles. The first kappa shape index (κ1) is 12.0. The summed E-state index contributed by atoms with van der Waals surface area (Å²) >= 11 is 0. The molecule has 0 radical (unpaired) electrons. The van der Waals surface area contributed by atoms with Crippen LogP contribution in [-0.4, -0.2) is 8.42 Å². The summed E-state index contributed by atoms with van der Waals surface area (Å²) in [4.78, 5) is 0. The number of anilines is 3. The van der Waals surface area contributed by atoms with E-state index in [2.05, 4.69) is 4.72 Å². The highest BCUT2D eigenvalue weighted by Gasteiger charge is 2.35. The van der Waals surface area contributed by atoms with Gasteiger partial charge in [0.2, 0.25) is 0 Å². The van der Waals surface area contributed by atoms with E-state index >= 15 is 0 Å². The number of hydrogen-bond acceptors (Lipinski definition) is 2. The zero-order chi connectivity index (χ0) is 13.6. The quantitative estimate of drug-likeness (QED) is 0.872. The Morgan fingerprint density at radius 2 is 1.84 bits per heavy atom. The summed E-state index contributed by atoms with van der Waals surface area (Å²) < 4.78 is 41.6. The van der Waals surface area contributed by atoms with Crippen molar-refractivity contribution >= 4 is 27.3 Å². The maximum Gasteiger partial charge on any atom is 0.328 e. The molecule has 1 aliphatic rings. The van der Waals surface area contributed by atoms with Crippen LogP contribution in [0.4, 0.5) is 21.5 Å². The molecule has 0 unspecified atom stereocenters. The third-order valence-electron chi connectivity index (χ3n) is 2.92. The monoisotopic (exact) mass is 278 g/mol. The van der Waals surface area contributed by atoms with Gasteiger partial charge in [-0.1, -0.05) is 18.2 Å². The van der Waals surface area contributed by atoms with E-state index in [0.717, 1.165) is 9.87 Å². The summed E-state index contributed by atoms with van der Waals surface area (Å²) in [7, 11) is -3.79. The Balaban J connectivity index is 2.23. The average Bonchev–Trinajstić information content (AvgIpc) is 2.60. The second-order valence-electron chi connectivity index (χ2n) is 4.34. The number of fused-ring (bicyclic) bond motifs is 1. The first-order valence-electron chi connectivity index (χ1n) is 5.67. The Kier molecular flexibility index (Phi) is 2.50. The van der Waals surface area contributed by atoms with Crippen LogP contribution in [0.3, 0.4) is 0 Å². The van der Waals surface area contributed by atoms with Crippen LogP contribution in [0.2, 0.25) is 0 Å². The molecular weight excluding hydrogens is 267 g/mol. The third kappa shape index (κ3) is 1.84. The van der Waals surface area contributed by atoms with E-state index < -0.39 is 16.0 Å². The highest BCUT2D eigenvalue weighted by Crippen LogP contribution is 2.41. The Hall–Kier alpha value is -2.08. The Bertz CT molecular complexity index is 759. The number of halogens is 1. The lowest BCUT2D eigenvalue weighted by atomic mass is 10.2. The Morgan fingerprint density at radius 1 is 1.11 bits per heavy atom. The fourth-order valence-corrected chi connectivity index (χ4v) is 3.45. The van der Waals surface area contributed by atoms with Crippen molar-refractivity contribution in [2.24, 2.45) is 0 Å². The molecule has 0 bridgehead atoms. The zero-order valence-electron chi connectivity index (χ0n) is 10.1. The Labute approximate surface area is 110 Å². The van der Waals surface area contributed by atoms with Crippen LogP contribution in [0, 0.1) is 12.7 Å². The van der Waals surface area contributed by atoms with Crippen LogP contribution in [0.5, 0.6) is 0 Å². The molecular formula is C13H11FN2O2S. The summed E-state index contributed by atoms with van der Waals surface area (Å²) in [5, 5.41) is 0. The zero-order valence-corrected chi connectivity index (χ0v) is 10.9. The number of nitrogens with zero attached hydrogens (tertiary/aromatic N) is 1. The van der Waals surface area contributed by atoms with Crippen molar-refractivity contribution in [3.63, 3.8) is 0 Å². The number of nitrogens with one attached hydrogen (secondary N) is 1. The molecule has 2 aromatic rings. The highest BCUT2D eigenvalue weighted by atomic mass is 32.2. The number of rotatable bonds is 1. The van der Waals surface area contributed by atoms with E-state index in [0.29, 0.717) is 11.4 Å². The lowest BCUT2D eigenvalue weighted by molar-refractivity contribution is 0.598. The SMILES string of the molecule is Cc1ccc(N2c3ccccc3NS2(=O)=O)c(F)c1. The third-order valence-corrected chi connectivity index (χ3v) is 4.28. The van der Waals surface area contributed by atoms with Gasteiger partial charge in [-0.15, -0.1) is 0 Å². The second kappa shape index (κ2) is 3.96. The van der Waals surface area contributed by atoms with Crippen LogP contribution in [0.25, 0.3) is 0 Å². The first-order valence-corrected chi connectivity index (χ1v) is 7.11. The van der Waals surface area contributed by atoms with E-state index in [1.165, 1.54) is 12.1 Å². The molecule has 0 spiro atoms. The van der Waals surface area contributed by atoms with E-state index in [9.17, 15) is 12.8 Å². The lowest BCUT2D eigenvalue weighted by Crippen LogP contribution is -2.26. The molecule has 0 aromatic heterocycles. The summed E-state index contributed by atoms with van der Waals surface area (Å²) in [5.41, 5.74) is 1.62. The van der Waals surface area contributed by atoms with Crippen molar-refractivity contribution in [2.75, 3.05) is 9.03 Å². The number of benzene rings is 2. The van der Waals surface area contributed by atoms with Gasteiger partial charge in [-0.25, -0.2) is 8.70 Å². The van der Waals surface area contributed by atoms with Gasteiger partial charge in [-0.05, 0) is 36.8 Å². The van der Waals surface area contributed by atoms with Crippen molar-refractivity contribution in [1.29, 1.82) is 0 Å². The number of para-hydroxylation sites is 2. The van der Waals surface area contributed by atoms with Gasteiger partial charge < -0.3 is 0 Å². The van der Waals surface area contributed by atoms with Crippen molar-refractivity contribution in [1.82, 2.24) is 0 Å². The molecule has 1 N–H and O–H groups in total. The molecule has 0 atom stereocenters. The molecule has 6 heteroatoms. The second-order valence-corrected chi connectivity index (χ2v) is 5.86. The summed E-state index contributed by atoms with van der Waals surface area (Å²) in [6.07, 6.45) is 0. The van der Waals surface area contributed by atoms with Gasteiger partial charge in [0.05, 0.1) is 17.1 Å². The minimum Gasteiger partial charge on any atom is -0.264 e. The molecule has 0 aliphatic carbocycles. The molecule has 98 valence electrons. The minimum atomic E-state index is -3.79. The topological polar surface area (TPSA) is 49.4 Å². The van der Waals surface area contributed by atoms with Crippen LogP contribution in [0.1, 0.15) is 5.56 Å². The molecule has 2 aromatic carbocycles. The molecule has 19 heavy (non-hydrogen) atoms. The molecule has 1 aliphatic heterocycles. The Morgan fingerprint density at radius 3 is 2.58 bits per heavy atom. The standard InChI is InChI=1S/C13H11FN2O2S/c1-9-6-7-12(10(14)8-9)16-13-5-3-2-4-11(13)15-19(16,17)18/h2-8,15H,1H3. The van der Waals surface area contributed by atoms with E-state index in [1.807, 2.05) is 0 Å². The van der Waals surface area contributed by atoms with E-state index in [4.69, 9.17) is 0 Å². The molecule has 0 saturated carbocycles. The molecule has 0 fully saturated rings. The average molecular weight is 278 g/mol. The van der Waals surface area contributed by atoms with Gasteiger partial charge >= 0.3 is 10.2 Å². The predicted octanol–water partition coefficient (Wildman–Crippen LogP) is 2.94. The van der Waals surface area contributed by atoms with Crippen LogP contribution in [0.15, 0.2) is 42.5 Å². The maximum atomic E-state index is 14.0. The molecule has 4 nitrogen and oxygen atoms in total. The van der Waals surface area contributed by atoms with Crippen molar-refractivity contribution < 1.29 is 12.8 Å². The normalized spacial score (nSPS) is 16.0. The molecule has 0 amide bonds. The van der Waals surface area contributed by atoms with Crippen molar-refractivity contribution in [3.8, 4) is 0 Å². The van der Waals surface area contributed by atoms with Crippen molar-refractivity contribution in [2.45, 2.75) is 6.92 Å². The first-order chi connectivity index (χ1) is 8.99. The number of hydrogen-bond donors (Lipinski definition) is 1. The van der Waals surface area contributed by atoms with Crippen LogP contribution in [-0.2, 0) is 10.2 Å². The van der Waals surface area contributed by atoms with Gasteiger partial charge in [-0.3, -0.25) is 4.72 Å². The molecule has 3 rings (SSSR count). The maximum absolute atomic E-state index is 14.0. The van der Waals surface area contributed by atoms with Crippen LogP contribution < -0.4 is 9.03 Å². The van der Waals surface area contributed by atoms with E-state index in [1.54, 1.807) is 37.3 Å². The summed E-state index contributed by atoms with van der Waals surface area (Å²) in [5.74, 6) is -0.568. The number of aryl methyl sites for hydroxylation is 1. The van der Waals surface area contributed by atoms with Gasteiger partial charge in [0.25, 0.3) is 0 Å².